The van der Waals surface area contributed by atoms with Gasteiger partial charge < -0.3 is 9.84 Å². The molecular weight excluding hydrogens is 366 g/mol. The minimum atomic E-state index is -0.405. The lowest BCUT2D eigenvalue weighted by Crippen LogP contribution is -2.43. The summed E-state index contributed by atoms with van der Waals surface area (Å²) < 4.78 is 5.96. The minimum Gasteiger partial charge on any atom is -0.457 e. The van der Waals surface area contributed by atoms with Crippen LogP contribution in [-0.4, -0.2) is 16.1 Å². The molecule has 5 atom stereocenters. The highest BCUT2D eigenvalue weighted by Gasteiger charge is 2.54. The molecule has 2 aromatic rings. The van der Waals surface area contributed by atoms with Gasteiger partial charge in [-0.2, -0.15) is 0 Å². The van der Waals surface area contributed by atoms with Crippen molar-refractivity contribution in [3.63, 3.8) is 0 Å². The highest BCUT2D eigenvalue weighted by molar-refractivity contribution is 5.43. The molecule has 0 heterocycles. The van der Waals surface area contributed by atoms with Crippen molar-refractivity contribution in [2.24, 2.45) is 17.3 Å². The summed E-state index contributed by atoms with van der Waals surface area (Å²) in [7, 11) is 0. The number of nitrogens with zero attached hydrogens (tertiary/aromatic N) is 1. The van der Waals surface area contributed by atoms with Gasteiger partial charge in [0, 0.05) is 12.1 Å². The van der Waals surface area contributed by atoms with E-state index in [2.05, 4.69) is 19.1 Å². The fourth-order valence-corrected chi connectivity index (χ4v) is 6.37. The van der Waals surface area contributed by atoms with Crippen LogP contribution >= 0.6 is 0 Å². The zero-order valence-corrected chi connectivity index (χ0v) is 16.7. The normalized spacial score (nSPS) is 32.8. The number of hydrogen-bond donors (Lipinski definition) is 1. The van der Waals surface area contributed by atoms with Gasteiger partial charge in [-0.05, 0) is 97.1 Å². The number of fused-ring (bicyclic) bond motifs is 5. The van der Waals surface area contributed by atoms with Gasteiger partial charge in [-0.15, -0.1) is 0 Å². The van der Waals surface area contributed by atoms with Crippen LogP contribution in [0.4, 0.5) is 5.69 Å². The first-order chi connectivity index (χ1) is 14.0. The summed E-state index contributed by atoms with van der Waals surface area (Å²) in [5.74, 6) is 3.31. The summed E-state index contributed by atoms with van der Waals surface area (Å²) in [5.41, 5.74) is 3.00. The van der Waals surface area contributed by atoms with Gasteiger partial charge in [0.1, 0.15) is 11.5 Å². The molecule has 3 aliphatic carbocycles. The molecule has 29 heavy (non-hydrogen) atoms. The van der Waals surface area contributed by atoms with Gasteiger partial charge in [-0.25, -0.2) is 0 Å². The number of ether oxygens (including phenoxy) is 1. The molecule has 2 fully saturated rings. The Morgan fingerprint density at radius 3 is 2.59 bits per heavy atom. The monoisotopic (exact) mass is 393 g/mol. The lowest BCUT2D eigenvalue weighted by Gasteiger charge is -2.50. The highest BCUT2D eigenvalue weighted by atomic mass is 16.6. The smallest absolute Gasteiger partial charge is 0.269 e. The maximum atomic E-state index is 10.8. The van der Waals surface area contributed by atoms with Gasteiger partial charge >= 0.3 is 0 Å². The minimum absolute atomic E-state index is 0.0650. The number of rotatable bonds is 3. The number of hydrogen-bond acceptors (Lipinski definition) is 4. The molecule has 5 rings (SSSR count). The number of nitro benzene ring substituents is 1. The van der Waals surface area contributed by atoms with Gasteiger partial charge in [0.25, 0.3) is 5.69 Å². The van der Waals surface area contributed by atoms with Crippen LogP contribution in [0.25, 0.3) is 0 Å². The van der Waals surface area contributed by atoms with E-state index in [0.29, 0.717) is 23.5 Å². The topological polar surface area (TPSA) is 72.6 Å². The Hall–Kier alpha value is -2.40. The van der Waals surface area contributed by atoms with Crippen molar-refractivity contribution in [3.8, 4) is 11.5 Å². The molecule has 2 aromatic carbocycles. The number of benzene rings is 2. The highest BCUT2D eigenvalue weighted by Crippen LogP contribution is 2.60. The third-order valence-corrected chi connectivity index (χ3v) is 7.93. The Labute approximate surface area is 170 Å². The predicted octanol–water partition coefficient (Wildman–Crippen LogP) is 5.60. The Morgan fingerprint density at radius 2 is 1.83 bits per heavy atom. The standard InChI is InChI=1S/C24H27NO4/c1-24-13-12-20-19-9-7-18(29-17-5-3-16(4-6-17)25(27)28)14-15(19)2-8-21(20)22(24)10-11-23(24)26/h3-7,9,14,20-23,26H,2,8,10-13H2,1H3/t20-,21+,22-,23+,24+/m1/s1. The van der Waals surface area contributed by atoms with Gasteiger partial charge in [-0.3, -0.25) is 10.1 Å². The molecule has 0 amide bonds. The van der Waals surface area contributed by atoms with Crippen molar-refractivity contribution in [2.75, 3.05) is 0 Å². The number of non-ortho nitro benzene ring substituents is 1. The van der Waals surface area contributed by atoms with Crippen LogP contribution in [-0.2, 0) is 6.42 Å². The lowest BCUT2D eigenvalue weighted by atomic mass is 9.55. The molecule has 0 unspecified atom stereocenters. The van der Waals surface area contributed by atoms with E-state index >= 15 is 0 Å². The van der Waals surface area contributed by atoms with Crippen molar-refractivity contribution in [3.05, 3.63) is 63.7 Å². The zero-order valence-electron chi connectivity index (χ0n) is 16.7. The Morgan fingerprint density at radius 1 is 1.07 bits per heavy atom. The number of aryl methyl sites for hydroxylation is 1. The number of nitro groups is 1. The zero-order chi connectivity index (χ0) is 20.2. The molecule has 0 saturated heterocycles. The molecule has 1 N–H and O–H groups in total. The molecule has 0 bridgehead atoms. The first-order valence-corrected chi connectivity index (χ1v) is 10.7. The average Bonchev–Trinajstić information content (AvgIpc) is 3.03. The van der Waals surface area contributed by atoms with E-state index in [1.54, 1.807) is 12.1 Å². The summed E-state index contributed by atoms with van der Waals surface area (Å²) in [6, 6.07) is 12.6. The SMILES string of the molecule is C[C@]12CC[C@@H]3c4ccc(Oc5ccc([N+](=O)[O-])cc5)cc4CC[C@@H]3[C@H]1CC[C@@H]2O. The van der Waals surface area contributed by atoms with Gasteiger partial charge in [0.15, 0.2) is 0 Å². The molecule has 5 heteroatoms. The summed E-state index contributed by atoms with van der Waals surface area (Å²) in [5, 5.41) is 21.3. The first-order valence-electron chi connectivity index (χ1n) is 10.7. The number of aliphatic hydroxyl groups is 1. The molecule has 152 valence electrons. The predicted molar refractivity (Wildman–Crippen MR) is 110 cm³/mol. The molecule has 5 nitrogen and oxygen atoms in total. The van der Waals surface area contributed by atoms with E-state index in [1.165, 1.54) is 29.7 Å². The molecule has 3 aliphatic rings. The van der Waals surface area contributed by atoms with Crippen LogP contribution < -0.4 is 4.74 Å². The third kappa shape index (κ3) is 3.03. The van der Waals surface area contributed by atoms with E-state index in [0.717, 1.165) is 37.9 Å². The Bertz CT molecular complexity index is 940. The van der Waals surface area contributed by atoms with Crippen LogP contribution in [0.2, 0.25) is 0 Å². The van der Waals surface area contributed by atoms with Crippen molar-refractivity contribution >= 4 is 5.69 Å². The van der Waals surface area contributed by atoms with E-state index in [4.69, 9.17) is 4.74 Å². The second-order valence-corrected chi connectivity index (χ2v) is 9.27. The summed E-state index contributed by atoms with van der Waals surface area (Å²) in [6.45, 7) is 2.31. The number of aliphatic hydroxyl groups excluding tert-OH is 1. The summed E-state index contributed by atoms with van der Waals surface area (Å²) in [4.78, 5) is 10.4. The van der Waals surface area contributed by atoms with Gasteiger partial charge in [-0.1, -0.05) is 13.0 Å². The second kappa shape index (κ2) is 6.84. The fraction of sp³-hybridized carbons (Fsp3) is 0.500. The molecule has 0 aliphatic heterocycles. The van der Waals surface area contributed by atoms with E-state index in [9.17, 15) is 15.2 Å². The maximum Gasteiger partial charge on any atom is 0.269 e. The Balaban J connectivity index is 1.36. The largest absolute Gasteiger partial charge is 0.457 e. The van der Waals surface area contributed by atoms with Gasteiger partial charge in [0.2, 0.25) is 0 Å². The molecule has 0 aromatic heterocycles. The lowest BCUT2D eigenvalue weighted by molar-refractivity contribution is -0.384. The van der Waals surface area contributed by atoms with Crippen molar-refractivity contribution in [1.29, 1.82) is 0 Å². The summed E-state index contributed by atoms with van der Waals surface area (Å²) >= 11 is 0. The van der Waals surface area contributed by atoms with E-state index in [-0.39, 0.29) is 17.2 Å². The van der Waals surface area contributed by atoms with E-state index in [1.807, 2.05) is 6.07 Å². The molecule has 0 radical (unpaired) electrons. The van der Waals surface area contributed by atoms with Crippen molar-refractivity contribution in [1.82, 2.24) is 0 Å². The van der Waals surface area contributed by atoms with Crippen molar-refractivity contribution < 1.29 is 14.8 Å². The third-order valence-electron chi connectivity index (χ3n) is 7.93. The van der Waals surface area contributed by atoms with Crippen LogP contribution in [0.5, 0.6) is 11.5 Å². The fourth-order valence-electron chi connectivity index (χ4n) is 6.37. The first kappa shape index (κ1) is 18.6. The van der Waals surface area contributed by atoms with Crippen LogP contribution in [0.3, 0.4) is 0 Å². The van der Waals surface area contributed by atoms with E-state index < -0.39 is 4.92 Å². The molecule has 0 spiro atoms. The average molecular weight is 393 g/mol. The maximum absolute atomic E-state index is 10.8. The van der Waals surface area contributed by atoms with Crippen LogP contribution in [0.1, 0.15) is 56.1 Å². The second-order valence-electron chi connectivity index (χ2n) is 9.27. The Kier molecular flexibility index (Phi) is 4.39. The van der Waals surface area contributed by atoms with Crippen LogP contribution in [0.15, 0.2) is 42.5 Å². The molecular formula is C24H27NO4. The van der Waals surface area contributed by atoms with Crippen LogP contribution in [0, 0.1) is 27.4 Å². The molecule has 2 saturated carbocycles. The van der Waals surface area contributed by atoms with Gasteiger partial charge in [0.05, 0.1) is 11.0 Å². The quantitative estimate of drug-likeness (QED) is 0.544. The summed E-state index contributed by atoms with van der Waals surface area (Å²) in [6.07, 6.45) is 6.49. The van der Waals surface area contributed by atoms with Crippen molar-refractivity contribution in [2.45, 2.75) is 57.5 Å².